The van der Waals surface area contributed by atoms with Crippen LogP contribution in [0.5, 0.6) is 0 Å². The zero-order valence-electron chi connectivity index (χ0n) is 17.0. The number of aryl methyl sites for hydroxylation is 3. The summed E-state index contributed by atoms with van der Waals surface area (Å²) in [7, 11) is 1.69. The molecule has 2 N–H and O–H groups in total. The van der Waals surface area contributed by atoms with Crippen LogP contribution in [-0.4, -0.2) is 50.2 Å². The van der Waals surface area contributed by atoms with Gasteiger partial charge in [0, 0.05) is 51.2 Å². The summed E-state index contributed by atoms with van der Waals surface area (Å²) in [4.78, 5) is 36.2. The van der Waals surface area contributed by atoms with Gasteiger partial charge in [0.05, 0.1) is 11.4 Å². The number of pyridine rings is 2. The number of amides is 1. The van der Waals surface area contributed by atoms with Crippen LogP contribution in [-0.2, 0) is 18.3 Å². The number of piperazine rings is 1. The van der Waals surface area contributed by atoms with Crippen LogP contribution in [0.4, 0.5) is 0 Å². The van der Waals surface area contributed by atoms with E-state index in [0.29, 0.717) is 30.4 Å². The lowest BCUT2D eigenvalue weighted by molar-refractivity contribution is -0.134. The number of fused-ring (bicyclic) bond motifs is 1. The molecule has 0 aliphatic carbocycles. The van der Waals surface area contributed by atoms with Gasteiger partial charge in [0.2, 0.25) is 5.91 Å². The molecule has 4 heterocycles. The van der Waals surface area contributed by atoms with Gasteiger partial charge in [-0.1, -0.05) is 6.07 Å². The van der Waals surface area contributed by atoms with Gasteiger partial charge in [0.1, 0.15) is 0 Å². The molecule has 1 unspecified atom stereocenters. The number of carbonyl (C=O) groups excluding carboxylic acids is 1. The minimum atomic E-state index is -0.0867. The molecule has 1 atom stereocenters. The summed E-state index contributed by atoms with van der Waals surface area (Å²) in [5, 5.41) is 6.96. The van der Waals surface area contributed by atoms with Crippen molar-refractivity contribution in [2.45, 2.75) is 32.7 Å². The number of rotatable bonds is 4. The maximum absolute atomic E-state index is 13.1. The van der Waals surface area contributed by atoms with E-state index in [0.717, 1.165) is 35.5 Å². The standard InChI is InChI=1S/C21H26N6O2/c1-13-16(14(2)24-20-19(13)21(29)26(3)25-20)6-7-18(28)27-10-9-23-12-17(27)15-5-4-8-22-11-15/h4-5,8,11,17,23H,6-7,9-10,12H2,1-3H3,(H,24,25). The van der Waals surface area contributed by atoms with E-state index in [-0.39, 0.29) is 17.5 Å². The fraction of sp³-hybridized carbons (Fsp3) is 0.429. The molecule has 0 spiro atoms. The highest BCUT2D eigenvalue weighted by Gasteiger charge is 2.28. The van der Waals surface area contributed by atoms with Crippen LogP contribution in [0.3, 0.4) is 0 Å². The van der Waals surface area contributed by atoms with Crippen molar-refractivity contribution >= 4 is 16.9 Å². The molecule has 3 aromatic rings. The Morgan fingerprint density at radius 2 is 2.17 bits per heavy atom. The second kappa shape index (κ2) is 7.79. The van der Waals surface area contributed by atoms with Gasteiger partial charge >= 0.3 is 0 Å². The Kier molecular flexibility index (Phi) is 5.19. The van der Waals surface area contributed by atoms with Crippen LogP contribution in [0.2, 0.25) is 0 Å². The molecule has 1 amide bonds. The molecule has 1 fully saturated rings. The van der Waals surface area contributed by atoms with E-state index < -0.39 is 0 Å². The van der Waals surface area contributed by atoms with Crippen molar-refractivity contribution in [2.75, 3.05) is 19.6 Å². The Hall–Kier alpha value is -3.00. The van der Waals surface area contributed by atoms with Crippen LogP contribution in [0.15, 0.2) is 29.3 Å². The Bertz CT molecular complexity index is 1100. The molecule has 0 saturated carbocycles. The van der Waals surface area contributed by atoms with E-state index in [4.69, 9.17) is 0 Å². The summed E-state index contributed by atoms with van der Waals surface area (Å²) in [6.07, 6.45) is 4.52. The molecular weight excluding hydrogens is 368 g/mol. The fourth-order valence-electron chi connectivity index (χ4n) is 4.23. The first-order chi connectivity index (χ1) is 14.0. The number of aromatic amines is 1. The SMILES string of the molecule is Cc1nc2[nH]n(C)c(=O)c2c(C)c1CCC(=O)N1CCNCC1c1cccnc1. The second-order valence-corrected chi connectivity index (χ2v) is 7.59. The predicted molar refractivity (Wildman–Crippen MR) is 111 cm³/mol. The highest BCUT2D eigenvalue weighted by atomic mass is 16.2. The Labute approximate surface area is 168 Å². The van der Waals surface area contributed by atoms with Crippen LogP contribution < -0.4 is 10.9 Å². The summed E-state index contributed by atoms with van der Waals surface area (Å²) in [6, 6.07) is 3.90. The first-order valence-electron chi connectivity index (χ1n) is 9.92. The van der Waals surface area contributed by atoms with E-state index in [2.05, 4.69) is 20.4 Å². The molecule has 0 aromatic carbocycles. The molecule has 152 valence electrons. The highest BCUT2D eigenvalue weighted by molar-refractivity contribution is 5.81. The monoisotopic (exact) mass is 394 g/mol. The van der Waals surface area contributed by atoms with Crippen molar-refractivity contribution in [3.05, 3.63) is 57.3 Å². The van der Waals surface area contributed by atoms with Gasteiger partial charge < -0.3 is 10.2 Å². The smallest absolute Gasteiger partial charge is 0.276 e. The molecule has 1 aliphatic heterocycles. The largest absolute Gasteiger partial charge is 0.333 e. The maximum atomic E-state index is 13.1. The van der Waals surface area contributed by atoms with Crippen LogP contribution in [0.1, 0.15) is 34.8 Å². The van der Waals surface area contributed by atoms with E-state index in [9.17, 15) is 9.59 Å². The molecular formula is C21H26N6O2. The number of H-pyrrole nitrogens is 1. The van der Waals surface area contributed by atoms with Crippen molar-refractivity contribution in [1.29, 1.82) is 0 Å². The van der Waals surface area contributed by atoms with E-state index >= 15 is 0 Å². The molecule has 8 heteroatoms. The molecule has 3 aromatic heterocycles. The Morgan fingerprint density at radius 1 is 1.34 bits per heavy atom. The van der Waals surface area contributed by atoms with Crippen molar-refractivity contribution in [3.63, 3.8) is 0 Å². The third kappa shape index (κ3) is 3.55. The molecule has 1 aliphatic rings. The molecule has 8 nitrogen and oxygen atoms in total. The van der Waals surface area contributed by atoms with Gasteiger partial charge in [0.15, 0.2) is 5.65 Å². The van der Waals surface area contributed by atoms with Crippen molar-refractivity contribution in [1.82, 2.24) is 30.0 Å². The van der Waals surface area contributed by atoms with Crippen LogP contribution >= 0.6 is 0 Å². The molecule has 0 radical (unpaired) electrons. The Morgan fingerprint density at radius 3 is 2.93 bits per heavy atom. The topological polar surface area (TPSA) is 95.9 Å². The van der Waals surface area contributed by atoms with Gasteiger partial charge in [-0.3, -0.25) is 24.4 Å². The number of hydrogen-bond donors (Lipinski definition) is 2. The van der Waals surface area contributed by atoms with Gasteiger partial charge in [-0.15, -0.1) is 0 Å². The van der Waals surface area contributed by atoms with E-state index in [1.807, 2.05) is 37.1 Å². The normalized spacial score (nSPS) is 17.1. The minimum absolute atomic E-state index is 0.00952. The quantitative estimate of drug-likeness (QED) is 0.697. The Balaban J connectivity index is 1.56. The number of nitrogens with zero attached hydrogens (tertiary/aromatic N) is 4. The average Bonchev–Trinajstić information content (AvgIpc) is 3.01. The number of carbonyl (C=O) groups is 1. The first-order valence-corrected chi connectivity index (χ1v) is 9.92. The summed E-state index contributed by atoms with van der Waals surface area (Å²) < 4.78 is 1.44. The van der Waals surface area contributed by atoms with Crippen LogP contribution in [0.25, 0.3) is 11.0 Å². The summed E-state index contributed by atoms with van der Waals surface area (Å²) >= 11 is 0. The highest BCUT2D eigenvalue weighted by Crippen LogP contribution is 2.24. The lowest BCUT2D eigenvalue weighted by atomic mass is 9.99. The van der Waals surface area contributed by atoms with Gasteiger partial charge in [-0.25, -0.2) is 4.98 Å². The zero-order valence-corrected chi connectivity index (χ0v) is 17.0. The maximum Gasteiger partial charge on any atom is 0.276 e. The number of hydrogen-bond acceptors (Lipinski definition) is 5. The first kappa shape index (κ1) is 19.3. The minimum Gasteiger partial charge on any atom is -0.333 e. The molecule has 4 rings (SSSR count). The van der Waals surface area contributed by atoms with Crippen LogP contribution in [0, 0.1) is 13.8 Å². The lowest BCUT2D eigenvalue weighted by Gasteiger charge is -2.36. The summed E-state index contributed by atoms with van der Waals surface area (Å²) in [6.45, 7) is 6.05. The van der Waals surface area contributed by atoms with Crippen molar-refractivity contribution < 1.29 is 4.79 Å². The van der Waals surface area contributed by atoms with Crippen molar-refractivity contribution in [3.8, 4) is 0 Å². The van der Waals surface area contributed by atoms with Gasteiger partial charge in [0.25, 0.3) is 5.56 Å². The molecule has 29 heavy (non-hydrogen) atoms. The molecule has 0 bridgehead atoms. The second-order valence-electron chi connectivity index (χ2n) is 7.59. The lowest BCUT2D eigenvalue weighted by Crippen LogP contribution is -2.48. The molecule has 1 saturated heterocycles. The van der Waals surface area contributed by atoms with E-state index in [1.54, 1.807) is 13.2 Å². The summed E-state index contributed by atoms with van der Waals surface area (Å²) in [5.74, 6) is 0.112. The zero-order chi connectivity index (χ0) is 20.5. The average molecular weight is 394 g/mol. The van der Waals surface area contributed by atoms with Gasteiger partial charge in [-0.05, 0) is 43.0 Å². The third-order valence-electron chi connectivity index (χ3n) is 5.79. The number of aromatic nitrogens is 4. The number of nitrogens with one attached hydrogen (secondary N) is 2. The predicted octanol–water partition coefficient (Wildman–Crippen LogP) is 1.38. The van der Waals surface area contributed by atoms with Gasteiger partial charge in [-0.2, -0.15) is 0 Å². The third-order valence-corrected chi connectivity index (χ3v) is 5.79. The summed E-state index contributed by atoms with van der Waals surface area (Å²) in [5.41, 5.74) is 4.30. The van der Waals surface area contributed by atoms with Crippen molar-refractivity contribution in [2.24, 2.45) is 7.05 Å². The fourth-order valence-corrected chi connectivity index (χ4v) is 4.23. The van der Waals surface area contributed by atoms with E-state index in [1.165, 1.54) is 4.68 Å².